The fourth-order valence-electron chi connectivity index (χ4n) is 2.83. The van der Waals surface area contributed by atoms with Gasteiger partial charge >= 0.3 is 0 Å². The highest BCUT2D eigenvalue weighted by molar-refractivity contribution is 7.89. The van der Waals surface area contributed by atoms with Crippen molar-refractivity contribution in [3.05, 3.63) is 0 Å². The molecule has 0 aromatic carbocycles. The van der Waals surface area contributed by atoms with E-state index in [0.717, 1.165) is 6.42 Å². The fourth-order valence-corrected chi connectivity index (χ4v) is 4.63. The minimum Gasteiger partial charge on any atom is -0.313 e. The molecular weight excluding hydrogens is 248 g/mol. The molecule has 0 radical (unpaired) electrons. The van der Waals surface area contributed by atoms with E-state index in [-0.39, 0.29) is 11.8 Å². The third-order valence-corrected chi connectivity index (χ3v) is 6.19. The summed E-state index contributed by atoms with van der Waals surface area (Å²) in [5.41, 5.74) is 0. The van der Waals surface area contributed by atoms with Crippen molar-refractivity contribution in [2.24, 2.45) is 11.8 Å². The zero-order valence-electron chi connectivity index (χ0n) is 11.7. The Labute approximate surface area is 111 Å². The van der Waals surface area contributed by atoms with Gasteiger partial charge in [0.2, 0.25) is 10.0 Å². The maximum absolute atomic E-state index is 12.4. The van der Waals surface area contributed by atoms with Crippen LogP contribution in [0.4, 0.5) is 0 Å². The summed E-state index contributed by atoms with van der Waals surface area (Å²) in [4.78, 5) is 0. The van der Waals surface area contributed by atoms with Crippen LogP contribution in [0, 0.1) is 11.8 Å². The van der Waals surface area contributed by atoms with Crippen molar-refractivity contribution in [3.8, 4) is 0 Å². The highest BCUT2D eigenvalue weighted by Gasteiger charge is 2.36. The number of hydrogen-bond acceptors (Lipinski definition) is 3. The molecule has 106 valence electrons. The monoisotopic (exact) mass is 274 g/mol. The van der Waals surface area contributed by atoms with Crippen molar-refractivity contribution in [3.63, 3.8) is 0 Å². The Morgan fingerprint density at radius 2 is 1.89 bits per heavy atom. The van der Waals surface area contributed by atoms with Crippen LogP contribution in [0.2, 0.25) is 0 Å². The predicted molar refractivity (Wildman–Crippen MR) is 73.9 cm³/mol. The molecule has 1 heterocycles. The van der Waals surface area contributed by atoms with Crippen molar-refractivity contribution in [1.29, 1.82) is 0 Å². The topological polar surface area (TPSA) is 49.4 Å². The number of piperidine rings is 1. The summed E-state index contributed by atoms with van der Waals surface area (Å²) in [5.74, 6) is 1.18. The van der Waals surface area contributed by atoms with Crippen molar-refractivity contribution in [1.82, 2.24) is 9.62 Å². The van der Waals surface area contributed by atoms with Crippen LogP contribution in [0.3, 0.4) is 0 Å². The first-order valence-corrected chi connectivity index (χ1v) is 8.74. The molecule has 2 rings (SSSR count). The highest BCUT2D eigenvalue weighted by Crippen LogP contribution is 2.29. The molecular formula is C13H26N2O2S. The Bertz CT molecular complexity index is 378. The lowest BCUT2D eigenvalue weighted by Crippen LogP contribution is -2.50. The third kappa shape index (κ3) is 3.45. The second-order valence-corrected chi connectivity index (χ2v) is 8.21. The minimum atomic E-state index is -3.10. The van der Waals surface area contributed by atoms with E-state index in [1.165, 1.54) is 12.8 Å². The van der Waals surface area contributed by atoms with E-state index in [4.69, 9.17) is 0 Å². The first kappa shape index (κ1) is 14.3. The summed E-state index contributed by atoms with van der Waals surface area (Å²) in [5, 5.41) is 3.28. The Kier molecular flexibility index (Phi) is 4.34. The van der Waals surface area contributed by atoms with Crippen LogP contribution < -0.4 is 5.32 Å². The maximum Gasteiger partial charge on any atom is 0.215 e. The molecule has 5 heteroatoms. The van der Waals surface area contributed by atoms with E-state index in [0.29, 0.717) is 31.0 Å². The van der Waals surface area contributed by atoms with Gasteiger partial charge in [-0.2, -0.15) is 4.31 Å². The Hall–Kier alpha value is -0.130. The van der Waals surface area contributed by atoms with Crippen LogP contribution in [0.25, 0.3) is 0 Å². The van der Waals surface area contributed by atoms with Crippen LogP contribution in [0.1, 0.15) is 40.0 Å². The van der Waals surface area contributed by atoms with Crippen LogP contribution in [-0.2, 0) is 10.0 Å². The van der Waals surface area contributed by atoms with Gasteiger partial charge in [0.1, 0.15) is 0 Å². The molecule has 0 aromatic rings. The van der Waals surface area contributed by atoms with Gasteiger partial charge in [-0.25, -0.2) is 8.42 Å². The number of nitrogens with one attached hydrogen (secondary N) is 1. The summed E-state index contributed by atoms with van der Waals surface area (Å²) in [7, 11) is -3.10. The molecule has 1 saturated heterocycles. The Morgan fingerprint density at radius 1 is 1.22 bits per heavy atom. The second kappa shape index (κ2) is 5.47. The van der Waals surface area contributed by atoms with E-state index in [2.05, 4.69) is 19.2 Å². The molecule has 3 unspecified atom stereocenters. The molecule has 2 fully saturated rings. The molecule has 4 nitrogen and oxygen atoms in total. The summed E-state index contributed by atoms with van der Waals surface area (Å²) in [6.07, 6.45) is 3.54. The van der Waals surface area contributed by atoms with Gasteiger partial charge in [0.15, 0.2) is 0 Å². The van der Waals surface area contributed by atoms with Gasteiger partial charge in [0.05, 0.1) is 5.75 Å². The lowest BCUT2D eigenvalue weighted by atomic mass is 9.88. The van der Waals surface area contributed by atoms with E-state index < -0.39 is 10.0 Å². The van der Waals surface area contributed by atoms with Crippen molar-refractivity contribution in [2.75, 3.05) is 18.8 Å². The third-order valence-electron chi connectivity index (χ3n) is 4.27. The van der Waals surface area contributed by atoms with Gasteiger partial charge in [0.25, 0.3) is 0 Å². The quantitative estimate of drug-likeness (QED) is 0.825. The van der Waals surface area contributed by atoms with Crippen molar-refractivity contribution in [2.45, 2.75) is 52.1 Å². The summed E-state index contributed by atoms with van der Waals surface area (Å²) in [6, 6.07) is 0.726. The Balaban J connectivity index is 1.93. The molecule has 0 aromatic heterocycles. The molecule has 2 aliphatic rings. The number of nitrogens with zero attached hydrogens (tertiary/aromatic N) is 1. The number of hydrogen-bond donors (Lipinski definition) is 1. The first-order chi connectivity index (χ1) is 8.40. The molecule has 1 aliphatic heterocycles. The van der Waals surface area contributed by atoms with E-state index in [1.54, 1.807) is 4.31 Å². The summed E-state index contributed by atoms with van der Waals surface area (Å²) in [6.45, 7) is 7.64. The van der Waals surface area contributed by atoms with Gasteiger partial charge in [-0.3, -0.25) is 0 Å². The van der Waals surface area contributed by atoms with Crippen LogP contribution in [0.15, 0.2) is 0 Å². The smallest absolute Gasteiger partial charge is 0.215 e. The van der Waals surface area contributed by atoms with E-state index >= 15 is 0 Å². The summed E-state index contributed by atoms with van der Waals surface area (Å²) < 4.78 is 26.5. The van der Waals surface area contributed by atoms with Gasteiger partial charge in [-0.1, -0.05) is 13.8 Å². The highest BCUT2D eigenvalue weighted by atomic mass is 32.2. The SMILES string of the molecule is CC1CC(C)C(C)N(S(=O)(=O)CCNC2CC2)C1. The van der Waals surface area contributed by atoms with Gasteiger partial charge in [-0.05, 0) is 38.0 Å². The molecule has 1 N–H and O–H groups in total. The minimum absolute atomic E-state index is 0.145. The van der Waals surface area contributed by atoms with Crippen LogP contribution in [0.5, 0.6) is 0 Å². The molecule has 0 amide bonds. The van der Waals surface area contributed by atoms with Crippen molar-refractivity contribution >= 4 is 10.0 Å². The molecule has 1 saturated carbocycles. The normalized spacial score (nSPS) is 34.7. The van der Waals surface area contributed by atoms with E-state index in [9.17, 15) is 8.42 Å². The molecule has 0 bridgehead atoms. The zero-order valence-corrected chi connectivity index (χ0v) is 12.5. The summed E-state index contributed by atoms with van der Waals surface area (Å²) >= 11 is 0. The zero-order chi connectivity index (χ0) is 13.3. The van der Waals surface area contributed by atoms with Gasteiger partial charge in [-0.15, -0.1) is 0 Å². The van der Waals surface area contributed by atoms with Crippen LogP contribution in [-0.4, -0.2) is 43.6 Å². The largest absolute Gasteiger partial charge is 0.313 e. The first-order valence-electron chi connectivity index (χ1n) is 7.13. The lowest BCUT2D eigenvalue weighted by molar-refractivity contribution is 0.157. The second-order valence-electron chi connectivity index (χ2n) is 6.17. The standard InChI is InChI=1S/C13H26N2O2S/c1-10-8-11(2)12(3)15(9-10)18(16,17)7-6-14-13-4-5-13/h10-14H,4-9H2,1-3H3. The molecule has 18 heavy (non-hydrogen) atoms. The van der Waals surface area contributed by atoms with E-state index in [1.807, 2.05) is 6.92 Å². The Morgan fingerprint density at radius 3 is 2.50 bits per heavy atom. The van der Waals surface area contributed by atoms with Gasteiger partial charge < -0.3 is 5.32 Å². The van der Waals surface area contributed by atoms with Crippen LogP contribution >= 0.6 is 0 Å². The molecule has 3 atom stereocenters. The maximum atomic E-state index is 12.4. The molecule has 1 aliphatic carbocycles. The molecule has 0 spiro atoms. The van der Waals surface area contributed by atoms with Crippen molar-refractivity contribution < 1.29 is 8.42 Å². The fraction of sp³-hybridized carbons (Fsp3) is 1.00. The number of sulfonamides is 1. The lowest BCUT2D eigenvalue weighted by Gasteiger charge is -2.40. The predicted octanol–water partition coefficient (Wildman–Crippen LogP) is 1.43. The average Bonchev–Trinajstić information content (AvgIpc) is 3.07. The van der Waals surface area contributed by atoms with Gasteiger partial charge in [0, 0.05) is 25.2 Å². The average molecular weight is 274 g/mol. The number of rotatable bonds is 5.